The lowest BCUT2D eigenvalue weighted by atomic mass is 9.90. The molecular weight excluding hydrogens is 361 g/mol. The van der Waals surface area contributed by atoms with Crippen molar-refractivity contribution < 1.29 is 18.7 Å². The molecule has 0 aliphatic rings. The first kappa shape index (κ1) is 21.2. The van der Waals surface area contributed by atoms with E-state index in [1.165, 1.54) is 12.1 Å². The number of halogens is 1. The van der Waals surface area contributed by atoms with Crippen molar-refractivity contribution in [3.05, 3.63) is 53.1 Å². The fraction of sp³-hybridized carbons (Fsp3) is 0.381. The van der Waals surface area contributed by atoms with Crippen LogP contribution in [0, 0.1) is 36.9 Å². The molecule has 0 saturated carbocycles. The average Bonchev–Trinajstić information content (AvgIpc) is 2.94. The lowest BCUT2D eigenvalue weighted by Crippen LogP contribution is -2.50. The predicted octanol–water partition coefficient (Wildman–Crippen LogP) is 3.44. The minimum atomic E-state index is -1.04. The van der Waals surface area contributed by atoms with Crippen LogP contribution in [-0.2, 0) is 9.53 Å². The zero-order valence-corrected chi connectivity index (χ0v) is 16.7. The molecule has 1 aromatic heterocycles. The van der Waals surface area contributed by atoms with Crippen molar-refractivity contribution in [3.8, 4) is 11.8 Å². The van der Waals surface area contributed by atoms with E-state index >= 15 is 0 Å². The maximum Gasteiger partial charge on any atom is 0.340 e. The van der Waals surface area contributed by atoms with E-state index in [0.29, 0.717) is 11.3 Å². The number of ether oxygens (including phenoxy) is 1. The minimum absolute atomic E-state index is 0.105. The molecular formula is C21H24FN3O3. The van der Waals surface area contributed by atoms with Crippen molar-refractivity contribution in [3.63, 3.8) is 0 Å². The molecule has 1 unspecified atom stereocenters. The van der Waals surface area contributed by atoms with E-state index in [0.717, 1.165) is 11.4 Å². The summed E-state index contributed by atoms with van der Waals surface area (Å²) < 4.78 is 20.1. The number of amides is 1. The maximum absolute atomic E-state index is 13.2. The molecule has 28 heavy (non-hydrogen) atoms. The monoisotopic (exact) mass is 385 g/mol. The summed E-state index contributed by atoms with van der Waals surface area (Å²) >= 11 is 0. The summed E-state index contributed by atoms with van der Waals surface area (Å²) in [6.45, 7) is 8.34. The molecule has 2 aromatic rings. The third kappa shape index (κ3) is 4.39. The van der Waals surface area contributed by atoms with Gasteiger partial charge in [0.15, 0.2) is 6.61 Å². The number of esters is 1. The molecule has 0 fully saturated rings. The van der Waals surface area contributed by atoms with Gasteiger partial charge in [-0.25, -0.2) is 9.18 Å². The van der Waals surface area contributed by atoms with Crippen LogP contribution in [0.5, 0.6) is 0 Å². The maximum atomic E-state index is 13.2. The number of carbonyl (C=O) groups excluding carboxylic acids is 2. The van der Waals surface area contributed by atoms with Crippen molar-refractivity contribution >= 4 is 11.9 Å². The number of nitrogens with one attached hydrogen (secondary N) is 1. The van der Waals surface area contributed by atoms with Crippen molar-refractivity contribution in [1.82, 2.24) is 9.88 Å². The van der Waals surface area contributed by atoms with Crippen LogP contribution in [-0.4, -0.2) is 28.6 Å². The highest BCUT2D eigenvalue weighted by atomic mass is 19.1. The highest BCUT2D eigenvalue weighted by molar-refractivity contribution is 5.93. The second-order valence-corrected chi connectivity index (χ2v) is 7.19. The highest BCUT2D eigenvalue weighted by Crippen LogP contribution is 2.22. The van der Waals surface area contributed by atoms with E-state index in [1.807, 2.05) is 25.3 Å². The Balaban J connectivity index is 2.12. The Labute approximate surface area is 163 Å². The van der Waals surface area contributed by atoms with Gasteiger partial charge >= 0.3 is 5.97 Å². The molecule has 148 valence electrons. The van der Waals surface area contributed by atoms with Crippen LogP contribution >= 0.6 is 0 Å². The quantitative estimate of drug-likeness (QED) is 0.772. The van der Waals surface area contributed by atoms with Gasteiger partial charge in [-0.15, -0.1) is 0 Å². The summed E-state index contributed by atoms with van der Waals surface area (Å²) in [7, 11) is 0. The van der Waals surface area contributed by atoms with Crippen LogP contribution in [0.25, 0.3) is 5.69 Å². The normalized spacial score (nSPS) is 12.9. The van der Waals surface area contributed by atoms with E-state index in [9.17, 15) is 19.2 Å². The molecule has 1 N–H and O–H groups in total. The number of hydrogen-bond donors (Lipinski definition) is 1. The molecule has 1 heterocycles. The first-order chi connectivity index (χ1) is 13.1. The zero-order valence-electron chi connectivity index (χ0n) is 16.7. The molecule has 0 spiro atoms. The lowest BCUT2D eigenvalue weighted by molar-refractivity contribution is -0.125. The van der Waals surface area contributed by atoms with Gasteiger partial charge in [0.25, 0.3) is 5.91 Å². The summed E-state index contributed by atoms with van der Waals surface area (Å²) in [4.78, 5) is 24.5. The van der Waals surface area contributed by atoms with Gasteiger partial charge in [-0.2, -0.15) is 5.26 Å². The number of aromatic nitrogens is 1. The molecule has 0 aliphatic heterocycles. The van der Waals surface area contributed by atoms with Gasteiger partial charge in [-0.05, 0) is 57.0 Å². The molecule has 1 amide bonds. The SMILES string of the molecule is Cc1cc(C(=O)OCC(=O)NC(C)(C#N)C(C)C)c(C)n1-c1ccc(F)cc1. The number of hydrogen-bond acceptors (Lipinski definition) is 4. The number of nitrogens with zero attached hydrogens (tertiary/aromatic N) is 2. The Bertz CT molecular complexity index is 926. The first-order valence-corrected chi connectivity index (χ1v) is 8.93. The summed E-state index contributed by atoms with van der Waals surface area (Å²) in [6.07, 6.45) is 0. The van der Waals surface area contributed by atoms with Gasteiger partial charge in [0, 0.05) is 17.1 Å². The molecule has 0 aliphatic carbocycles. The molecule has 0 bridgehead atoms. The predicted molar refractivity (Wildman–Crippen MR) is 102 cm³/mol. The Hall–Kier alpha value is -3.14. The van der Waals surface area contributed by atoms with Crippen LogP contribution in [0.15, 0.2) is 30.3 Å². The molecule has 0 radical (unpaired) electrons. The van der Waals surface area contributed by atoms with Gasteiger partial charge < -0.3 is 14.6 Å². The zero-order chi connectivity index (χ0) is 21.1. The van der Waals surface area contributed by atoms with E-state index < -0.39 is 24.0 Å². The van der Waals surface area contributed by atoms with Gasteiger partial charge in [-0.3, -0.25) is 4.79 Å². The molecule has 1 atom stereocenters. The molecule has 1 aromatic carbocycles. The summed E-state index contributed by atoms with van der Waals surface area (Å²) in [5.74, 6) is -1.63. The standard InChI is InChI=1S/C21H24FN3O3/c1-13(2)21(5,12-23)24-19(26)11-28-20(27)18-10-14(3)25(15(18)4)17-8-6-16(22)7-9-17/h6-10,13H,11H2,1-5H3,(H,24,26). The van der Waals surface area contributed by atoms with Crippen LogP contribution < -0.4 is 5.32 Å². The lowest BCUT2D eigenvalue weighted by Gasteiger charge is -2.27. The second-order valence-electron chi connectivity index (χ2n) is 7.19. The fourth-order valence-electron chi connectivity index (χ4n) is 2.79. The van der Waals surface area contributed by atoms with Crippen LogP contribution in [0.1, 0.15) is 42.5 Å². The van der Waals surface area contributed by atoms with Crippen molar-refractivity contribution in [2.75, 3.05) is 6.61 Å². The molecule has 0 saturated heterocycles. The molecule has 7 heteroatoms. The average molecular weight is 385 g/mol. The number of benzene rings is 1. The third-order valence-electron chi connectivity index (χ3n) is 4.86. The van der Waals surface area contributed by atoms with Crippen LogP contribution in [0.2, 0.25) is 0 Å². The van der Waals surface area contributed by atoms with Gasteiger partial charge in [0.2, 0.25) is 0 Å². The molecule has 6 nitrogen and oxygen atoms in total. The Morgan fingerprint density at radius 3 is 2.43 bits per heavy atom. The fourth-order valence-corrected chi connectivity index (χ4v) is 2.79. The smallest absolute Gasteiger partial charge is 0.340 e. The van der Waals surface area contributed by atoms with E-state index in [4.69, 9.17) is 4.74 Å². The van der Waals surface area contributed by atoms with E-state index in [2.05, 4.69) is 11.4 Å². The summed E-state index contributed by atoms with van der Waals surface area (Å²) in [5.41, 5.74) is 1.40. The van der Waals surface area contributed by atoms with Gasteiger partial charge in [0.05, 0.1) is 11.6 Å². The summed E-state index contributed by atoms with van der Waals surface area (Å²) in [5, 5.41) is 11.9. The van der Waals surface area contributed by atoms with Crippen molar-refractivity contribution in [1.29, 1.82) is 5.26 Å². The highest BCUT2D eigenvalue weighted by Gasteiger charge is 2.30. The second kappa shape index (κ2) is 8.26. The number of carbonyl (C=O) groups is 2. The van der Waals surface area contributed by atoms with E-state index in [-0.39, 0.29) is 11.7 Å². The van der Waals surface area contributed by atoms with Gasteiger partial charge in [-0.1, -0.05) is 13.8 Å². The third-order valence-corrected chi connectivity index (χ3v) is 4.86. The number of rotatable bonds is 6. The van der Waals surface area contributed by atoms with Crippen LogP contribution in [0.3, 0.4) is 0 Å². The largest absolute Gasteiger partial charge is 0.452 e. The number of nitriles is 1. The van der Waals surface area contributed by atoms with Gasteiger partial charge in [0.1, 0.15) is 11.4 Å². The molecule has 2 rings (SSSR count). The van der Waals surface area contributed by atoms with Crippen LogP contribution in [0.4, 0.5) is 4.39 Å². The Morgan fingerprint density at radius 2 is 1.89 bits per heavy atom. The number of aryl methyl sites for hydroxylation is 1. The Kier molecular flexibility index (Phi) is 6.24. The van der Waals surface area contributed by atoms with Crippen molar-refractivity contribution in [2.45, 2.75) is 40.2 Å². The first-order valence-electron chi connectivity index (χ1n) is 8.93. The Morgan fingerprint density at radius 1 is 1.29 bits per heavy atom. The minimum Gasteiger partial charge on any atom is -0.452 e. The topological polar surface area (TPSA) is 84.1 Å². The van der Waals surface area contributed by atoms with Crippen molar-refractivity contribution in [2.24, 2.45) is 5.92 Å². The summed E-state index contributed by atoms with van der Waals surface area (Å²) in [6, 6.07) is 9.65. The van der Waals surface area contributed by atoms with E-state index in [1.54, 1.807) is 32.0 Å².